The molecule has 0 saturated heterocycles. The molecule has 1 saturated carbocycles. The van der Waals surface area contributed by atoms with Crippen molar-refractivity contribution in [3.8, 4) is 0 Å². The van der Waals surface area contributed by atoms with E-state index in [1.165, 1.54) is 4.88 Å². The van der Waals surface area contributed by atoms with Crippen LogP contribution in [0.1, 0.15) is 48.2 Å². The third-order valence-corrected chi connectivity index (χ3v) is 6.02. The van der Waals surface area contributed by atoms with E-state index in [9.17, 15) is 9.90 Å². The number of thiazole rings is 1. The number of carbonyl (C=O) groups excluding carboxylic acids is 1. The Bertz CT molecular complexity index is 686. The molecule has 1 aromatic heterocycles. The lowest BCUT2D eigenvalue weighted by atomic mass is 9.90. The van der Waals surface area contributed by atoms with Crippen molar-refractivity contribution in [3.05, 3.63) is 52.0 Å². The summed E-state index contributed by atoms with van der Waals surface area (Å²) in [5.41, 5.74) is 3.97. The van der Waals surface area contributed by atoms with Crippen LogP contribution in [-0.4, -0.2) is 33.0 Å². The van der Waals surface area contributed by atoms with Crippen molar-refractivity contribution in [1.29, 1.82) is 0 Å². The van der Waals surface area contributed by atoms with Crippen molar-refractivity contribution >= 4 is 17.2 Å². The molecule has 4 nitrogen and oxygen atoms in total. The summed E-state index contributed by atoms with van der Waals surface area (Å²) in [4.78, 5) is 20.4. The first kappa shape index (κ1) is 18.1. The number of hydrogen-bond acceptors (Lipinski definition) is 4. The fraction of sp³-hybridized carbons (Fsp3) is 0.500. The molecule has 134 valence electrons. The number of aliphatic hydroxyl groups is 1. The highest BCUT2D eigenvalue weighted by atomic mass is 32.1. The second kappa shape index (κ2) is 8.59. The summed E-state index contributed by atoms with van der Waals surface area (Å²) >= 11 is 1.61. The summed E-state index contributed by atoms with van der Waals surface area (Å²) < 4.78 is 0. The minimum absolute atomic E-state index is 0.0657. The standard InChI is InChI=1S/C20H26N2O2S/c1-15-19(25-14-21-15)11-12-20(24)22(13-16-7-3-2-4-8-16)17-9-5-6-10-18(17)23/h2-4,7-8,14,17-18,23H,5-6,9-13H2,1H3. The van der Waals surface area contributed by atoms with E-state index < -0.39 is 6.10 Å². The zero-order valence-electron chi connectivity index (χ0n) is 14.7. The van der Waals surface area contributed by atoms with E-state index in [2.05, 4.69) is 4.98 Å². The summed E-state index contributed by atoms with van der Waals surface area (Å²) in [6, 6.07) is 10.00. The minimum atomic E-state index is -0.411. The maximum absolute atomic E-state index is 13.0. The van der Waals surface area contributed by atoms with Gasteiger partial charge in [0, 0.05) is 17.8 Å². The maximum Gasteiger partial charge on any atom is 0.223 e. The van der Waals surface area contributed by atoms with Gasteiger partial charge in [-0.1, -0.05) is 43.2 Å². The molecular formula is C20H26N2O2S. The third kappa shape index (κ3) is 4.67. The van der Waals surface area contributed by atoms with Gasteiger partial charge in [-0.2, -0.15) is 0 Å². The van der Waals surface area contributed by atoms with Gasteiger partial charge in [0.1, 0.15) is 0 Å². The predicted octanol–water partition coefficient (Wildman–Crippen LogP) is 3.72. The van der Waals surface area contributed by atoms with E-state index in [-0.39, 0.29) is 11.9 Å². The van der Waals surface area contributed by atoms with Crippen LogP contribution in [0.3, 0.4) is 0 Å². The molecule has 0 bridgehead atoms. The molecule has 3 rings (SSSR count). The summed E-state index contributed by atoms with van der Waals surface area (Å²) in [6.45, 7) is 2.56. The lowest BCUT2D eigenvalue weighted by Crippen LogP contribution is -2.48. The molecule has 25 heavy (non-hydrogen) atoms. The quantitative estimate of drug-likeness (QED) is 0.856. The first-order valence-electron chi connectivity index (χ1n) is 9.05. The van der Waals surface area contributed by atoms with Gasteiger partial charge in [-0.15, -0.1) is 11.3 Å². The average molecular weight is 359 g/mol. The lowest BCUT2D eigenvalue weighted by molar-refractivity contribution is -0.138. The van der Waals surface area contributed by atoms with Crippen LogP contribution in [0.15, 0.2) is 35.8 Å². The van der Waals surface area contributed by atoms with E-state index in [4.69, 9.17) is 0 Å². The molecule has 0 radical (unpaired) electrons. The number of nitrogens with zero attached hydrogens (tertiary/aromatic N) is 2. The molecule has 1 N–H and O–H groups in total. The molecule has 2 aromatic rings. The van der Waals surface area contributed by atoms with E-state index in [1.54, 1.807) is 11.3 Å². The monoisotopic (exact) mass is 358 g/mol. The van der Waals surface area contributed by atoms with Crippen LogP contribution in [0, 0.1) is 6.92 Å². The van der Waals surface area contributed by atoms with Gasteiger partial charge in [0.25, 0.3) is 0 Å². The Kier molecular flexibility index (Phi) is 6.21. The molecule has 1 aliphatic carbocycles. The predicted molar refractivity (Wildman–Crippen MR) is 100 cm³/mol. The number of amides is 1. The Hall–Kier alpha value is -1.72. The lowest BCUT2D eigenvalue weighted by Gasteiger charge is -2.38. The highest BCUT2D eigenvalue weighted by Gasteiger charge is 2.31. The minimum Gasteiger partial charge on any atom is -0.391 e. The van der Waals surface area contributed by atoms with Crippen LogP contribution >= 0.6 is 11.3 Å². The normalized spacial score (nSPS) is 20.4. The smallest absolute Gasteiger partial charge is 0.223 e. The average Bonchev–Trinajstić information content (AvgIpc) is 3.04. The van der Waals surface area contributed by atoms with Crippen LogP contribution < -0.4 is 0 Å². The van der Waals surface area contributed by atoms with Gasteiger partial charge < -0.3 is 10.0 Å². The van der Waals surface area contributed by atoms with Crippen molar-refractivity contribution in [2.24, 2.45) is 0 Å². The number of carbonyl (C=O) groups is 1. The Morgan fingerprint density at radius 3 is 2.72 bits per heavy atom. The number of rotatable bonds is 6. The summed E-state index contributed by atoms with van der Waals surface area (Å²) in [6.07, 6.45) is 4.59. The number of aryl methyl sites for hydroxylation is 2. The van der Waals surface area contributed by atoms with Crippen LogP contribution in [-0.2, 0) is 17.8 Å². The number of aliphatic hydroxyl groups excluding tert-OH is 1. The van der Waals surface area contributed by atoms with Gasteiger partial charge in [-0.25, -0.2) is 4.98 Å². The van der Waals surface area contributed by atoms with Crippen LogP contribution in [0.4, 0.5) is 0 Å². The summed E-state index contributed by atoms with van der Waals surface area (Å²) in [5.74, 6) is 0.127. The zero-order valence-corrected chi connectivity index (χ0v) is 15.5. The molecule has 1 amide bonds. The highest BCUT2D eigenvalue weighted by Crippen LogP contribution is 2.26. The SMILES string of the molecule is Cc1ncsc1CCC(=O)N(Cc1ccccc1)C1CCCCC1O. The maximum atomic E-state index is 13.0. The summed E-state index contributed by atoms with van der Waals surface area (Å²) in [7, 11) is 0. The van der Waals surface area contributed by atoms with E-state index >= 15 is 0 Å². The van der Waals surface area contributed by atoms with Gasteiger partial charge in [0.2, 0.25) is 5.91 Å². The van der Waals surface area contributed by atoms with Gasteiger partial charge >= 0.3 is 0 Å². The van der Waals surface area contributed by atoms with Gasteiger partial charge in [-0.05, 0) is 31.7 Å². The van der Waals surface area contributed by atoms with Crippen molar-refractivity contribution < 1.29 is 9.90 Å². The second-order valence-electron chi connectivity index (χ2n) is 6.79. The summed E-state index contributed by atoms with van der Waals surface area (Å²) in [5, 5.41) is 10.5. The van der Waals surface area contributed by atoms with Crippen LogP contribution in [0.5, 0.6) is 0 Å². The molecule has 2 atom stereocenters. The Morgan fingerprint density at radius 1 is 1.28 bits per heavy atom. The van der Waals surface area contributed by atoms with Crippen molar-refractivity contribution in [3.63, 3.8) is 0 Å². The van der Waals surface area contributed by atoms with Crippen molar-refractivity contribution in [1.82, 2.24) is 9.88 Å². The molecule has 1 aromatic carbocycles. The molecular weight excluding hydrogens is 332 g/mol. The molecule has 1 aliphatic rings. The molecule has 1 heterocycles. The number of benzene rings is 1. The van der Waals surface area contributed by atoms with Crippen LogP contribution in [0.2, 0.25) is 0 Å². The van der Waals surface area contributed by atoms with Crippen molar-refractivity contribution in [2.45, 2.75) is 64.1 Å². The van der Waals surface area contributed by atoms with Crippen molar-refractivity contribution in [2.75, 3.05) is 0 Å². The zero-order chi connectivity index (χ0) is 17.6. The van der Waals surface area contributed by atoms with Gasteiger partial charge in [-0.3, -0.25) is 4.79 Å². The molecule has 2 unspecified atom stereocenters. The fourth-order valence-corrected chi connectivity index (χ4v) is 4.34. The van der Waals surface area contributed by atoms with E-state index in [0.717, 1.165) is 43.4 Å². The fourth-order valence-electron chi connectivity index (χ4n) is 3.56. The highest BCUT2D eigenvalue weighted by molar-refractivity contribution is 7.09. The Morgan fingerprint density at radius 2 is 2.04 bits per heavy atom. The Labute approximate surface area is 153 Å². The van der Waals surface area contributed by atoms with E-state index in [1.807, 2.05) is 47.7 Å². The molecule has 5 heteroatoms. The number of aromatic nitrogens is 1. The second-order valence-corrected chi connectivity index (χ2v) is 7.73. The van der Waals surface area contributed by atoms with Crippen LogP contribution in [0.25, 0.3) is 0 Å². The first-order chi connectivity index (χ1) is 12.1. The molecule has 0 spiro atoms. The molecule has 1 fully saturated rings. The van der Waals surface area contributed by atoms with Gasteiger partial charge in [0.15, 0.2) is 0 Å². The molecule has 0 aliphatic heterocycles. The largest absolute Gasteiger partial charge is 0.391 e. The first-order valence-corrected chi connectivity index (χ1v) is 9.93. The Balaban J connectivity index is 1.72. The van der Waals surface area contributed by atoms with E-state index in [0.29, 0.717) is 13.0 Å². The number of hydrogen-bond donors (Lipinski definition) is 1. The van der Waals surface area contributed by atoms with Gasteiger partial charge in [0.05, 0.1) is 23.4 Å². The third-order valence-electron chi connectivity index (χ3n) is 5.02. The topological polar surface area (TPSA) is 53.4 Å².